The number of fused-ring (bicyclic) bond motifs is 5. The van der Waals surface area contributed by atoms with Gasteiger partial charge in [0, 0.05) is 5.41 Å². The van der Waals surface area contributed by atoms with Crippen LogP contribution in [0.15, 0.2) is 0 Å². The second-order valence-electron chi connectivity index (χ2n) is 4.93. The van der Waals surface area contributed by atoms with Crippen LogP contribution in [0, 0.1) is 23.2 Å². The average molecular weight is 168 g/mol. The molecule has 68 valence electrons. The summed E-state index contributed by atoms with van der Waals surface area (Å²) in [6, 6.07) is 0. The first-order valence-electron chi connectivity index (χ1n) is 5.02. The van der Waals surface area contributed by atoms with Gasteiger partial charge in [-0.2, -0.15) is 0 Å². The van der Waals surface area contributed by atoms with E-state index in [0.717, 1.165) is 18.4 Å². The van der Waals surface area contributed by atoms with Crippen molar-refractivity contribution in [2.75, 3.05) is 6.61 Å². The van der Waals surface area contributed by atoms with Crippen molar-refractivity contribution in [3.05, 3.63) is 0 Å². The number of ether oxygens (including phenoxy) is 1. The summed E-state index contributed by atoms with van der Waals surface area (Å²) < 4.78 is 5.36. The second kappa shape index (κ2) is 2.05. The lowest BCUT2D eigenvalue weighted by molar-refractivity contribution is -0.129. The molecule has 1 aliphatic heterocycles. The molecule has 0 aromatic rings. The smallest absolute Gasteiger partial charge is 0.160 e. The van der Waals surface area contributed by atoms with E-state index in [9.17, 15) is 5.11 Å². The Labute approximate surface area is 72.9 Å². The van der Waals surface area contributed by atoms with Crippen molar-refractivity contribution in [3.63, 3.8) is 0 Å². The monoisotopic (exact) mass is 168 g/mol. The molecule has 3 aliphatic rings. The van der Waals surface area contributed by atoms with Gasteiger partial charge in [-0.1, -0.05) is 6.92 Å². The first kappa shape index (κ1) is 7.34. The molecular weight excluding hydrogens is 152 g/mol. The van der Waals surface area contributed by atoms with E-state index in [0.29, 0.717) is 5.92 Å². The molecule has 2 aliphatic carbocycles. The van der Waals surface area contributed by atoms with E-state index in [1.807, 2.05) is 0 Å². The van der Waals surface area contributed by atoms with Gasteiger partial charge in [0.05, 0.1) is 6.61 Å². The third kappa shape index (κ3) is 0.612. The van der Waals surface area contributed by atoms with Crippen molar-refractivity contribution in [2.24, 2.45) is 23.2 Å². The molecule has 0 radical (unpaired) electrons. The van der Waals surface area contributed by atoms with Crippen LogP contribution in [0.4, 0.5) is 0 Å². The van der Waals surface area contributed by atoms with Crippen molar-refractivity contribution >= 4 is 0 Å². The van der Waals surface area contributed by atoms with Gasteiger partial charge in [0.15, 0.2) is 6.29 Å². The van der Waals surface area contributed by atoms with Crippen molar-refractivity contribution in [2.45, 2.75) is 32.5 Å². The molecule has 1 heterocycles. The quantitative estimate of drug-likeness (QED) is 0.592. The summed E-state index contributed by atoms with van der Waals surface area (Å²) in [5.74, 6) is 2.26. The molecule has 0 amide bonds. The minimum Gasteiger partial charge on any atom is -0.367 e. The Morgan fingerprint density at radius 2 is 2.25 bits per heavy atom. The summed E-state index contributed by atoms with van der Waals surface area (Å²) in [5, 5.41) is 9.76. The molecule has 1 N–H and O–H groups in total. The Hall–Kier alpha value is -0.0800. The van der Waals surface area contributed by atoms with Gasteiger partial charge in [-0.05, 0) is 37.0 Å². The zero-order valence-electron chi connectivity index (χ0n) is 7.49. The maximum absolute atomic E-state index is 9.76. The van der Waals surface area contributed by atoms with Crippen LogP contribution in [0.5, 0.6) is 0 Å². The van der Waals surface area contributed by atoms with Crippen molar-refractivity contribution in [1.29, 1.82) is 0 Å². The predicted molar refractivity (Wildman–Crippen MR) is 44.4 cm³/mol. The molecular formula is C10H16O2. The molecule has 5 atom stereocenters. The van der Waals surface area contributed by atoms with Gasteiger partial charge in [0.1, 0.15) is 0 Å². The molecule has 0 spiro atoms. The van der Waals surface area contributed by atoms with E-state index in [-0.39, 0.29) is 5.41 Å². The Kier molecular flexibility index (Phi) is 1.25. The Balaban J connectivity index is 2.01. The molecule has 2 bridgehead atoms. The molecule has 2 nitrogen and oxygen atoms in total. The molecule has 3 rings (SSSR count). The third-order valence-electron chi connectivity index (χ3n) is 4.69. The van der Waals surface area contributed by atoms with E-state index in [1.165, 1.54) is 19.3 Å². The Morgan fingerprint density at radius 3 is 3.00 bits per heavy atom. The van der Waals surface area contributed by atoms with E-state index in [1.54, 1.807) is 0 Å². The van der Waals surface area contributed by atoms with Gasteiger partial charge in [-0.15, -0.1) is 0 Å². The highest BCUT2D eigenvalue weighted by Crippen LogP contribution is 2.63. The van der Waals surface area contributed by atoms with E-state index >= 15 is 0 Å². The summed E-state index contributed by atoms with van der Waals surface area (Å²) in [7, 11) is 0. The van der Waals surface area contributed by atoms with Crippen LogP contribution < -0.4 is 0 Å². The van der Waals surface area contributed by atoms with Crippen molar-refractivity contribution in [3.8, 4) is 0 Å². The molecule has 4 unspecified atom stereocenters. The van der Waals surface area contributed by atoms with Crippen LogP contribution in [-0.4, -0.2) is 18.0 Å². The van der Waals surface area contributed by atoms with Gasteiger partial charge in [-0.25, -0.2) is 0 Å². The number of aliphatic hydroxyl groups excluding tert-OH is 1. The highest BCUT2D eigenvalue weighted by Gasteiger charge is 2.62. The maximum Gasteiger partial charge on any atom is 0.160 e. The largest absolute Gasteiger partial charge is 0.367 e. The fourth-order valence-corrected chi connectivity index (χ4v) is 3.83. The van der Waals surface area contributed by atoms with Crippen LogP contribution in [0.3, 0.4) is 0 Å². The van der Waals surface area contributed by atoms with Gasteiger partial charge in [0.2, 0.25) is 0 Å². The molecule has 12 heavy (non-hydrogen) atoms. The predicted octanol–water partition coefficient (Wildman–Crippen LogP) is 1.39. The minimum atomic E-state index is -0.474. The first-order chi connectivity index (χ1) is 5.73. The van der Waals surface area contributed by atoms with E-state index in [4.69, 9.17) is 4.74 Å². The molecule has 2 heteroatoms. The Morgan fingerprint density at radius 1 is 1.42 bits per heavy atom. The van der Waals surface area contributed by atoms with Crippen molar-refractivity contribution < 1.29 is 9.84 Å². The number of rotatable bonds is 0. The standard InChI is InChI=1S/C10H16O2/c1-10-7-3-2-6(4-7)8(10)5-12-9(10)11/h6-9,11H,2-5H2,1H3/t6?,7?,8?,9?,10-/m0/s1. The lowest BCUT2D eigenvalue weighted by atomic mass is 9.69. The van der Waals surface area contributed by atoms with Gasteiger partial charge >= 0.3 is 0 Å². The van der Waals surface area contributed by atoms with Gasteiger partial charge < -0.3 is 9.84 Å². The molecule has 2 saturated carbocycles. The second-order valence-corrected chi connectivity index (χ2v) is 4.93. The fourth-order valence-electron chi connectivity index (χ4n) is 3.83. The van der Waals surface area contributed by atoms with Crippen molar-refractivity contribution in [1.82, 2.24) is 0 Å². The van der Waals surface area contributed by atoms with E-state index in [2.05, 4.69) is 6.92 Å². The van der Waals surface area contributed by atoms with Crippen LogP contribution >= 0.6 is 0 Å². The van der Waals surface area contributed by atoms with Gasteiger partial charge in [0.25, 0.3) is 0 Å². The zero-order valence-corrected chi connectivity index (χ0v) is 7.49. The normalized spacial score (nSPS) is 62.5. The summed E-state index contributed by atoms with van der Waals surface area (Å²) in [5.41, 5.74) is 0.114. The highest BCUT2D eigenvalue weighted by atomic mass is 16.6. The zero-order chi connectivity index (χ0) is 8.34. The molecule has 0 aromatic carbocycles. The summed E-state index contributed by atoms with van der Waals surface area (Å²) in [6.07, 6.45) is 3.57. The average Bonchev–Trinajstić information content (AvgIpc) is 2.65. The lowest BCUT2D eigenvalue weighted by Gasteiger charge is -2.36. The number of aliphatic hydroxyl groups is 1. The summed E-state index contributed by atoms with van der Waals surface area (Å²) in [6.45, 7) is 3.03. The first-order valence-corrected chi connectivity index (χ1v) is 5.02. The molecule has 3 fully saturated rings. The molecule has 1 saturated heterocycles. The van der Waals surface area contributed by atoms with Gasteiger partial charge in [-0.3, -0.25) is 0 Å². The summed E-state index contributed by atoms with van der Waals surface area (Å²) >= 11 is 0. The number of hydrogen-bond donors (Lipinski definition) is 1. The van der Waals surface area contributed by atoms with Crippen LogP contribution in [0.25, 0.3) is 0 Å². The SMILES string of the molecule is C[C@]12C3CCC(C3)C1COC2O. The topological polar surface area (TPSA) is 29.5 Å². The fraction of sp³-hybridized carbons (Fsp3) is 1.00. The minimum absolute atomic E-state index is 0.114. The highest BCUT2D eigenvalue weighted by molar-refractivity contribution is 5.07. The van der Waals surface area contributed by atoms with Crippen LogP contribution in [0.1, 0.15) is 26.2 Å². The Bertz CT molecular complexity index is 216. The van der Waals surface area contributed by atoms with Crippen LogP contribution in [0.2, 0.25) is 0 Å². The maximum atomic E-state index is 9.76. The molecule has 0 aromatic heterocycles. The van der Waals surface area contributed by atoms with Crippen LogP contribution in [-0.2, 0) is 4.74 Å². The number of hydrogen-bond acceptors (Lipinski definition) is 2. The van der Waals surface area contributed by atoms with E-state index < -0.39 is 6.29 Å². The third-order valence-corrected chi connectivity index (χ3v) is 4.69. The lowest BCUT2D eigenvalue weighted by Crippen LogP contribution is -2.38. The summed E-state index contributed by atoms with van der Waals surface area (Å²) in [4.78, 5) is 0.